The predicted octanol–water partition coefficient (Wildman–Crippen LogP) is 4.88. The third kappa shape index (κ3) is 7.92. The molecule has 0 aliphatic carbocycles. The lowest BCUT2D eigenvalue weighted by Crippen LogP contribution is -2.40. The summed E-state index contributed by atoms with van der Waals surface area (Å²) in [6, 6.07) is 19.5. The average Bonchev–Trinajstić information content (AvgIpc) is 2.77. The second-order valence-corrected chi connectivity index (χ2v) is 6.74. The Bertz CT molecular complexity index is 856. The first kappa shape index (κ1) is 22.9. The number of amides is 1. The standard InChI is InChI=1S/C26H29NO3/c1-3-5-8-17-25(28)27(21-23-15-11-7-12-16-23)24(18-19-26(29)30-4-2)20-22-13-9-6-10-14-22/h3,5-16,18-19,24H,1,4,17,20-21H2,2H3/b8-5+,19-18+/t24-/m1/s1. The minimum absolute atomic E-state index is 0.0219. The molecule has 30 heavy (non-hydrogen) atoms. The molecule has 0 fully saturated rings. The number of hydrogen-bond acceptors (Lipinski definition) is 3. The fourth-order valence-electron chi connectivity index (χ4n) is 3.07. The average molecular weight is 404 g/mol. The molecule has 2 aromatic carbocycles. The fraction of sp³-hybridized carbons (Fsp3) is 0.231. The van der Waals surface area contributed by atoms with Gasteiger partial charge < -0.3 is 9.64 Å². The Morgan fingerprint density at radius 2 is 1.67 bits per heavy atom. The van der Waals surface area contributed by atoms with Crippen LogP contribution < -0.4 is 0 Å². The van der Waals surface area contributed by atoms with E-state index in [-0.39, 0.29) is 18.4 Å². The van der Waals surface area contributed by atoms with Crippen LogP contribution in [0.4, 0.5) is 0 Å². The highest BCUT2D eigenvalue weighted by molar-refractivity contribution is 5.82. The van der Waals surface area contributed by atoms with Gasteiger partial charge in [0.25, 0.3) is 0 Å². The highest BCUT2D eigenvalue weighted by Gasteiger charge is 2.22. The fourth-order valence-corrected chi connectivity index (χ4v) is 3.07. The van der Waals surface area contributed by atoms with Gasteiger partial charge in [-0.3, -0.25) is 4.79 Å². The SMILES string of the molecule is C=C/C=C/CC(=O)N(Cc1ccccc1)[C@H](/C=C/C(=O)OCC)Cc1ccccc1. The molecule has 0 aliphatic rings. The summed E-state index contributed by atoms with van der Waals surface area (Å²) >= 11 is 0. The van der Waals surface area contributed by atoms with E-state index in [0.29, 0.717) is 19.6 Å². The van der Waals surface area contributed by atoms with Crippen LogP contribution in [-0.2, 0) is 27.3 Å². The maximum absolute atomic E-state index is 13.1. The molecule has 0 bridgehead atoms. The smallest absolute Gasteiger partial charge is 0.330 e. The van der Waals surface area contributed by atoms with Gasteiger partial charge in [0, 0.05) is 19.0 Å². The van der Waals surface area contributed by atoms with E-state index in [4.69, 9.17) is 4.74 Å². The number of carbonyl (C=O) groups excluding carboxylic acids is 2. The van der Waals surface area contributed by atoms with E-state index in [1.807, 2.05) is 65.6 Å². The number of allylic oxidation sites excluding steroid dienone is 2. The number of nitrogens with zero attached hydrogens (tertiary/aromatic N) is 1. The summed E-state index contributed by atoms with van der Waals surface area (Å²) in [5.41, 5.74) is 2.12. The minimum atomic E-state index is -0.408. The van der Waals surface area contributed by atoms with Gasteiger partial charge in [0.2, 0.25) is 5.91 Å². The number of rotatable bonds is 11. The number of hydrogen-bond donors (Lipinski definition) is 0. The molecular weight excluding hydrogens is 374 g/mol. The Morgan fingerprint density at radius 3 is 2.27 bits per heavy atom. The normalized spacial score (nSPS) is 12.0. The molecule has 0 saturated heterocycles. The molecule has 0 N–H and O–H groups in total. The van der Waals surface area contributed by atoms with Gasteiger partial charge >= 0.3 is 5.97 Å². The first-order valence-electron chi connectivity index (χ1n) is 10.1. The van der Waals surface area contributed by atoms with Gasteiger partial charge in [0.1, 0.15) is 0 Å². The number of carbonyl (C=O) groups is 2. The van der Waals surface area contributed by atoms with E-state index in [1.165, 1.54) is 6.08 Å². The minimum Gasteiger partial charge on any atom is -0.463 e. The summed E-state index contributed by atoms with van der Waals surface area (Å²) in [6.45, 7) is 6.18. The van der Waals surface area contributed by atoms with Crippen molar-refractivity contribution in [3.8, 4) is 0 Å². The molecule has 4 nitrogen and oxygen atoms in total. The van der Waals surface area contributed by atoms with Gasteiger partial charge in [0.05, 0.1) is 12.6 Å². The van der Waals surface area contributed by atoms with Crippen LogP contribution in [-0.4, -0.2) is 29.4 Å². The van der Waals surface area contributed by atoms with Crippen molar-refractivity contribution in [1.82, 2.24) is 4.90 Å². The molecular formula is C26H29NO3. The topological polar surface area (TPSA) is 46.6 Å². The van der Waals surface area contributed by atoms with Crippen molar-refractivity contribution in [2.24, 2.45) is 0 Å². The predicted molar refractivity (Wildman–Crippen MR) is 121 cm³/mol. The van der Waals surface area contributed by atoms with E-state index >= 15 is 0 Å². The molecule has 1 atom stereocenters. The summed E-state index contributed by atoms with van der Waals surface area (Å²) in [5.74, 6) is -0.430. The second kappa shape index (κ2) is 12.9. The summed E-state index contributed by atoms with van der Waals surface area (Å²) in [6.07, 6.45) is 9.25. The zero-order chi connectivity index (χ0) is 21.6. The van der Waals surface area contributed by atoms with Crippen LogP contribution in [0.2, 0.25) is 0 Å². The molecule has 1 amide bonds. The van der Waals surface area contributed by atoms with Crippen LogP contribution in [0.15, 0.2) is 97.6 Å². The van der Waals surface area contributed by atoms with Crippen molar-refractivity contribution in [1.29, 1.82) is 0 Å². The lowest BCUT2D eigenvalue weighted by Gasteiger charge is -2.30. The van der Waals surface area contributed by atoms with Crippen molar-refractivity contribution < 1.29 is 14.3 Å². The summed E-state index contributed by atoms with van der Waals surface area (Å²) < 4.78 is 5.03. The number of esters is 1. The molecule has 0 spiro atoms. The third-order valence-electron chi connectivity index (χ3n) is 4.51. The van der Waals surface area contributed by atoms with Gasteiger partial charge in [0.15, 0.2) is 0 Å². The molecule has 0 aliphatic heterocycles. The zero-order valence-electron chi connectivity index (χ0n) is 17.4. The van der Waals surface area contributed by atoms with Gasteiger partial charge in [-0.2, -0.15) is 0 Å². The van der Waals surface area contributed by atoms with Crippen LogP contribution >= 0.6 is 0 Å². The molecule has 0 unspecified atom stereocenters. The van der Waals surface area contributed by atoms with Crippen molar-refractivity contribution in [2.75, 3.05) is 6.61 Å². The number of ether oxygens (including phenoxy) is 1. The van der Waals surface area contributed by atoms with Gasteiger partial charge in [-0.25, -0.2) is 4.79 Å². The van der Waals surface area contributed by atoms with Crippen LogP contribution in [0, 0.1) is 0 Å². The van der Waals surface area contributed by atoms with E-state index in [9.17, 15) is 9.59 Å². The molecule has 0 aromatic heterocycles. The van der Waals surface area contributed by atoms with Gasteiger partial charge in [-0.1, -0.05) is 91.5 Å². The van der Waals surface area contributed by atoms with Crippen molar-refractivity contribution >= 4 is 11.9 Å². The van der Waals surface area contributed by atoms with E-state index < -0.39 is 5.97 Å². The Labute approximate surface area is 179 Å². The first-order chi connectivity index (χ1) is 14.6. The van der Waals surface area contributed by atoms with Crippen LogP contribution in [0.25, 0.3) is 0 Å². The molecule has 2 aromatic rings. The summed E-state index contributed by atoms with van der Waals surface area (Å²) in [7, 11) is 0. The maximum Gasteiger partial charge on any atom is 0.330 e. The highest BCUT2D eigenvalue weighted by atomic mass is 16.5. The Hall–Kier alpha value is -3.40. The Kier molecular flexibility index (Phi) is 9.87. The van der Waals surface area contributed by atoms with E-state index in [1.54, 1.807) is 31.2 Å². The molecule has 0 radical (unpaired) electrons. The second-order valence-electron chi connectivity index (χ2n) is 6.74. The first-order valence-corrected chi connectivity index (χ1v) is 10.1. The molecule has 4 heteroatoms. The van der Waals surface area contributed by atoms with Gasteiger partial charge in [-0.15, -0.1) is 0 Å². The quantitative estimate of drug-likeness (QED) is 0.305. The Morgan fingerprint density at radius 1 is 1.03 bits per heavy atom. The summed E-state index contributed by atoms with van der Waals surface area (Å²) in [4.78, 5) is 26.9. The monoisotopic (exact) mass is 403 g/mol. The van der Waals surface area contributed by atoms with Crippen molar-refractivity contribution in [2.45, 2.75) is 32.4 Å². The zero-order valence-corrected chi connectivity index (χ0v) is 17.4. The highest BCUT2D eigenvalue weighted by Crippen LogP contribution is 2.16. The van der Waals surface area contributed by atoms with Crippen molar-refractivity contribution in [3.05, 3.63) is 109 Å². The number of benzene rings is 2. The lowest BCUT2D eigenvalue weighted by molar-refractivity contribution is -0.137. The van der Waals surface area contributed by atoms with E-state index in [0.717, 1.165) is 11.1 Å². The van der Waals surface area contributed by atoms with Crippen LogP contribution in [0.3, 0.4) is 0 Å². The molecule has 0 heterocycles. The van der Waals surface area contributed by atoms with Crippen LogP contribution in [0.1, 0.15) is 24.5 Å². The Balaban J connectivity index is 2.34. The van der Waals surface area contributed by atoms with Crippen molar-refractivity contribution in [3.63, 3.8) is 0 Å². The van der Waals surface area contributed by atoms with Crippen LogP contribution in [0.5, 0.6) is 0 Å². The molecule has 0 saturated carbocycles. The largest absolute Gasteiger partial charge is 0.463 e. The maximum atomic E-state index is 13.1. The summed E-state index contributed by atoms with van der Waals surface area (Å²) in [5, 5.41) is 0. The van der Waals surface area contributed by atoms with E-state index in [2.05, 4.69) is 6.58 Å². The molecule has 2 rings (SSSR count). The van der Waals surface area contributed by atoms with Gasteiger partial charge in [-0.05, 0) is 24.5 Å². The molecule has 156 valence electrons. The lowest BCUT2D eigenvalue weighted by atomic mass is 10.0. The third-order valence-corrected chi connectivity index (χ3v) is 4.51.